The van der Waals surface area contributed by atoms with Crippen LogP contribution in [0.25, 0.3) is 11.5 Å². The summed E-state index contributed by atoms with van der Waals surface area (Å²) < 4.78 is 6.39. The van der Waals surface area contributed by atoms with Crippen LogP contribution in [-0.2, 0) is 4.79 Å². The number of nitrogens with zero attached hydrogens (tertiary/aromatic N) is 4. The van der Waals surface area contributed by atoms with Crippen molar-refractivity contribution in [3.8, 4) is 11.5 Å². The number of hydrogen-bond acceptors (Lipinski definition) is 6. The summed E-state index contributed by atoms with van der Waals surface area (Å²) in [6.45, 7) is 5.21. The molecule has 0 spiro atoms. The van der Waals surface area contributed by atoms with Crippen LogP contribution in [0.15, 0.2) is 45.8 Å². The third-order valence-electron chi connectivity index (χ3n) is 3.56. The molecule has 0 aliphatic rings. The van der Waals surface area contributed by atoms with Gasteiger partial charge in [-0.3, -0.25) is 14.9 Å². The second-order valence-corrected chi connectivity index (χ2v) is 5.62. The molecule has 1 unspecified atom stereocenters. The van der Waals surface area contributed by atoms with Gasteiger partial charge in [0.15, 0.2) is 5.76 Å². The van der Waals surface area contributed by atoms with Gasteiger partial charge in [0, 0.05) is 17.5 Å². The van der Waals surface area contributed by atoms with Crippen molar-refractivity contribution >= 4 is 11.9 Å². The molecule has 0 radical (unpaired) electrons. The third-order valence-corrected chi connectivity index (χ3v) is 3.56. The summed E-state index contributed by atoms with van der Waals surface area (Å²) in [6, 6.07) is 7.31. The summed E-state index contributed by atoms with van der Waals surface area (Å²) in [4.78, 5) is 32.9. The van der Waals surface area contributed by atoms with Crippen molar-refractivity contribution in [3.63, 3.8) is 0 Å². The normalized spacial score (nSPS) is 12.0. The average Bonchev–Trinajstić information content (AvgIpc) is 3.08. The van der Waals surface area contributed by atoms with Crippen molar-refractivity contribution in [2.75, 3.05) is 5.32 Å². The van der Waals surface area contributed by atoms with E-state index in [9.17, 15) is 9.59 Å². The quantitative estimate of drug-likeness (QED) is 0.781. The molecule has 8 heteroatoms. The summed E-state index contributed by atoms with van der Waals surface area (Å²) >= 11 is 0. The minimum Gasteiger partial charge on any atom is -0.463 e. The molecule has 0 aromatic carbocycles. The Morgan fingerprint density at radius 1 is 1.20 bits per heavy atom. The molecule has 128 valence electrons. The van der Waals surface area contributed by atoms with E-state index in [1.807, 2.05) is 13.8 Å². The maximum absolute atomic E-state index is 12.5. The van der Waals surface area contributed by atoms with Gasteiger partial charge in [-0.15, -0.1) is 0 Å². The van der Waals surface area contributed by atoms with Gasteiger partial charge in [0.1, 0.15) is 11.7 Å². The zero-order chi connectivity index (χ0) is 18.0. The maximum Gasteiger partial charge on any atom is 0.267 e. The fraction of sp³-hybridized carbons (Fsp3) is 0.235. The molecule has 3 aromatic heterocycles. The van der Waals surface area contributed by atoms with Crippen LogP contribution in [0.2, 0.25) is 0 Å². The number of aryl methyl sites for hydroxylation is 2. The van der Waals surface area contributed by atoms with Gasteiger partial charge in [-0.05, 0) is 45.0 Å². The Labute approximate surface area is 143 Å². The van der Waals surface area contributed by atoms with E-state index in [2.05, 4.69) is 20.4 Å². The van der Waals surface area contributed by atoms with Crippen LogP contribution in [0.4, 0.5) is 5.95 Å². The van der Waals surface area contributed by atoms with Crippen LogP contribution in [-0.4, -0.2) is 25.7 Å². The van der Waals surface area contributed by atoms with Gasteiger partial charge < -0.3 is 4.42 Å². The first-order chi connectivity index (χ1) is 11.9. The second-order valence-electron chi connectivity index (χ2n) is 5.62. The molecule has 3 heterocycles. The minimum absolute atomic E-state index is 0.199. The number of aromatic nitrogens is 4. The van der Waals surface area contributed by atoms with Gasteiger partial charge in [-0.2, -0.15) is 5.10 Å². The summed E-state index contributed by atoms with van der Waals surface area (Å²) in [5.41, 5.74) is 1.56. The number of carbonyl (C=O) groups is 1. The number of nitrogens with one attached hydrogen (secondary N) is 1. The van der Waals surface area contributed by atoms with Crippen molar-refractivity contribution in [1.82, 2.24) is 19.7 Å². The summed E-state index contributed by atoms with van der Waals surface area (Å²) in [5.74, 6) is 0.278. The lowest BCUT2D eigenvalue weighted by Gasteiger charge is -2.14. The van der Waals surface area contributed by atoms with E-state index < -0.39 is 11.9 Å². The molecule has 1 amide bonds. The van der Waals surface area contributed by atoms with E-state index in [1.54, 1.807) is 31.2 Å². The van der Waals surface area contributed by atoms with Gasteiger partial charge >= 0.3 is 0 Å². The SMILES string of the molecule is Cc1cc(C)nc(NC(=O)C(C)n2nc(-c3ccco3)ccc2=O)n1. The van der Waals surface area contributed by atoms with E-state index in [0.717, 1.165) is 16.1 Å². The van der Waals surface area contributed by atoms with Crippen molar-refractivity contribution in [2.24, 2.45) is 0 Å². The highest BCUT2D eigenvalue weighted by Crippen LogP contribution is 2.16. The first-order valence-electron chi connectivity index (χ1n) is 7.71. The third kappa shape index (κ3) is 3.63. The molecule has 8 nitrogen and oxygen atoms in total. The number of rotatable bonds is 4. The minimum atomic E-state index is -0.841. The summed E-state index contributed by atoms with van der Waals surface area (Å²) in [7, 11) is 0. The highest BCUT2D eigenvalue weighted by atomic mass is 16.3. The number of carbonyl (C=O) groups excluding carboxylic acids is 1. The zero-order valence-electron chi connectivity index (χ0n) is 14.1. The topological polar surface area (TPSA) is 103 Å². The number of hydrogen-bond donors (Lipinski definition) is 1. The molecule has 1 N–H and O–H groups in total. The second kappa shape index (κ2) is 6.68. The lowest BCUT2D eigenvalue weighted by Crippen LogP contribution is -2.33. The average molecular weight is 339 g/mol. The Morgan fingerprint density at radius 3 is 2.56 bits per heavy atom. The molecule has 25 heavy (non-hydrogen) atoms. The van der Waals surface area contributed by atoms with E-state index in [-0.39, 0.29) is 11.5 Å². The predicted molar refractivity (Wildman–Crippen MR) is 91.0 cm³/mol. The molecular formula is C17H17N5O3. The van der Waals surface area contributed by atoms with Crippen molar-refractivity contribution in [2.45, 2.75) is 26.8 Å². The van der Waals surface area contributed by atoms with Crippen LogP contribution in [0.5, 0.6) is 0 Å². The Kier molecular flexibility index (Phi) is 4.42. The van der Waals surface area contributed by atoms with Crippen molar-refractivity contribution < 1.29 is 9.21 Å². The molecular weight excluding hydrogens is 322 g/mol. The van der Waals surface area contributed by atoms with Crippen molar-refractivity contribution in [3.05, 3.63) is 58.3 Å². The number of amides is 1. The van der Waals surface area contributed by atoms with Gasteiger partial charge in [0.25, 0.3) is 11.5 Å². The van der Waals surface area contributed by atoms with Crippen molar-refractivity contribution in [1.29, 1.82) is 0 Å². The van der Waals surface area contributed by atoms with E-state index in [4.69, 9.17) is 4.42 Å². The first-order valence-corrected chi connectivity index (χ1v) is 7.71. The maximum atomic E-state index is 12.5. The summed E-state index contributed by atoms with van der Waals surface area (Å²) in [5, 5.41) is 6.84. The van der Waals surface area contributed by atoms with Gasteiger partial charge in [0.05, 0.1) is 6.26 Å². The molecule has 0 saturated heterocycles. The van der Waals surface area contributed by atoms with E-state index >= 15 is 0 Å². The monoisotopic (exact) mass is 339 g/mol. The largest absolute Gasteiger partial charge is 0.463 e. The van der Waals surface area contributed by atoms with Gasteiger partial charge in [-0.25, -0.2) is 14.6 Å². The van der Waals surface area contributed by atoms with Crippen LogP contribution >= 0.6 is 0 Å². The molecule has 3 aromatic rings. The Hall–Kier alpha value is -3.29. The van der Waals surface area contributed by atoms with Crippen LogP contribution < -0.4 is 10.9 Å². The Balaban J connectivity index is 1.87. The zero-order valence-corrected chi connectivity index (χ0v) is 14.1. The molecule has 0 bridgehead atoms. The van der Waals surface area contributed by atoms with E-state index in [0.29, 0.717) is 11.5 Å². The van der Waals surface area contributed by atoms with Crippen LogP contribution in [0.3, 0.4) is 0 Å². The lowest BCUT2D eigenvalue weighted by atomic mass is 10.3. The first kappa shape index (κ1) is 16.6. The van der Waals surface area contributed by atoms with E-state index in [1.165, 1.54) is 12.3 Å². The fourth-order valence-electron chi connectivity index (χ4n) is 2.37. The lowest BCUT2D eigenvalue weighted by molar-refractivity contribution is -0.119. The summed E-state index contributed by atoms with van der Waals surface area (Å²) in [6.07, 6.45) is 1.51. The smallest absolute Gasteiger partial charge is 0.267 e. The molecule has 0 aliphatic heterocycles. The fourth-order valence-corrected chi connectivity index (χ4v) is 2.37. The highest BCUT2D eigenvalue weighted by Gasteiger charge is 2.19. The molecule has 0 aliphatic carbocycles. The molecule has 1 atom stereocenters. The highest BCUT2D eigenvalue weighted by molar-refractivity contribution is 5.91. The van der Waals surface area contributed by atoms with Gasteiger partial charge in [0.2, 0.25) is 5.95 Å². The van der Waals surface area contributed by atoms with Gasteiger partial charge in [-0.1, -0.05) is 0 Å². The predicted octanol–water partition coefficient (Wildman–Crippen LogP) is 2.11. The van der Waals surface area contributed by atoms with Crippen LogP contribution in [0, 0.1) is 13.8 Å². The standard InChI is InChI=1S/C17H17N5O3/c1-10-9-11(2)19-17(18-10)20-16(24)12(3)22-15(23)7-6-13(21-22)14-5-4-8-25-14/h4-9,12H,1-3H3,(H,18,19,20,24). The molecule has 3 rings (SSSR count). The Morgan fingerprint density at radius 2 is 1.92 bits per heavy atom. The number of anilines is 1. The molecule has 0 fully saturated rings. The number of furan rings is 1. The Bertz CT molecular complexity index is 942. The van der Waals surface area contributed by atoms with Crippen LogP contribution in [0.1, 0.15) is 24.4 Å². The molecule has 0 saturated carbocycles.